The van der Waals surface area contributed by atoms with Crippen LogP contribution in [0.3, 0.4) is 0 Å². The van der Waals surface area contributed by atoms with Gasteiger partial charge in [-0.25, -0.2) is 4.98 Å². The molecule has 0 unspecified atom stereocenters. The molecule has 1 aromatic heterocycles. The first-order valence-corrected chi connectivity index (χ1v) is 3.74. The van der Waals surface area contributed by atoms with Crippen LogP contribution >= 0.6 is 15.9 Å². The zero-order chi connectivity index (χ0) is 17.6. The molecular weight excluding hydrogens is 218 g/mol. The molecule has 0 aromatic carbocycles. The number of aryl methyl sites for hydroxylation is 1. The molecule has 3 heteroatoms. The van der Waals surface area contributed by atoms with Crippen LogP contribution < -0.4 is 4.74 Å². The Hall–Kier alpha value is -0.570. The highest BCUT2D eigenvalue weighted by Gasteiger charge is 2.03. The molecular formula is C9H12BrNO. The number of halogens is 1. The minimum atomic E-state index is -3.30. The SMILES string of the molecule is [2H]C([2H])([2H])Oc1ncc(Br)cc1C([2H])([2H])C([2H])([2H])C([2H])([2H])[2H]. The molecule has 0 N–H and O–H groups in total. The van der Waals surface area contributed by atoms with Gasteiger partial charge in [0.05, 0.1) is 11.2 Å². The predicted molar refractivity (Wildman–Crippen MR) is 52.5 cm³/mol. The van der Waals surface area contributed by atoms with E-state index in [0.717, 1.165) is 12.3 Å². The first-order chi connectivity index (χ1) is 9.59. The van der Waals surface area contributed by atoms with Crippen LogP contribution in [0.2, 0.25) is 0 Å². The van der Waals surface area contributed by atoms with Gasteiger partial charge < -0.3 is 4.74 Å². The summed E-state index contributed by atoms with van der Waals surface area (Å²) >= 11 is 3.00. The molecule has 0 bridgehead atoms. The molecule has 0 fully saturated rings. The molecule has 0 aliphatic heterocycles. The first kappa shape index (κ1) is 2.71. The quantitative estimate of drug-likeness (QED) is 0.810. The first-order valence-electron chi connectivity index (χ1n) is 7.95. The maximum absolute atomic E-state index is 7.88. The molecule has 1 heterocycles. The smallest absolute Gasteiger partial charge is 0.216 e. The Kier molecular flexibility index (Phi) is 1.00. The van der Waals surface area contributed by atoms with Gasteiger partial charge in [-0.3, -0.25) is 0 Å². The Morgan fingerprint density at radius 1 is 1.83 bits per heavy atom. The van der Waals surface area contributed by atoms with E-state index in [2.05, 4.69) is 25.7 Å². The van der Waals surface area contributed by atoms with E-state index in [9.17, 15) is 0 Å². The van der Waals surface area contributed by atoms with Crippen molar-refractivity contribution in [1.29, 1.82) is 0 Å². The number of nitrogens with zero attached hydrogens (tertiary/aromatic N) is 1. The normalized spacial score (nSPS) is 26.8. The number of aromatic nitrogens is 1. The molecule has 0 aliphatic rings. The van der Waals surface area contributed by atoms with Crippen LogP contribution in [0.15, 0.2) is 16.7 Å². The molecule has 0 saturated carbocycles. The number of ether oxygens (including phenoxy) is 1. The van der Waals surface area contributed by atoms with E-state index in [1.54, 1.807) is 0 Å². The van der Waals surface area contributed by atoms with E-state index in [0.29, 0.717) is 0 Å². The lowest BCUT2D eigenvalue weighted by molar-refractivity contribution is 0.392. The van der Waals surface area contributed by atoms with Crippen molar-refractivity contribution in [3.63, 3.8) is 0 Å². The second-order valence-corrected chi connectivity index (χ2v) is 2.77. The molecule has 0 atom stereocenters. The van der Waals surface area contributed by atoms with Crippen molar-refractivity contribution >= 4 is 15.9 Å². The van der Waals surface area contributed by atoms with E-state index in [1.165, 1.54) is 0 Å². The second kappa shape index (κ2) is 4.45. The monoisotopic (exact) mass is 239 g/mol. The third-order valence-corrected chi connectivity index (χ3v) is 1.55. The number of rotatable bonds is 3. The zero-order valence-corrected chi connectivity index (χ0v) is 7.47. The summed E-state index contributed by atoms with van der Waals surface area (Å²) in [4.78, 5) is 3.61. The van der Waals surface area contributed by atoms with Crippen molar-refractivity contribution in [3.05, 3.63) is 22.3 Å². The summed E-state index contributed by atoms with van der Waals surface area (Å²) in [7, 11) is -2.95. The van der Waals surface area contributed by atoms with Gasteiger partial charge in [-0.2, -0.15) is 0 Å². The number of hydrogen-bond acceptors (Lipinski definition) is 2. The van der Waals surface area contributed by atoms with Crippen molar-refractivity contribution in [1.82, 2.24) is 4.98 Å². The number of pyridine rings is 1. The van der Waals surface area contributed by atoms with Crippen molar-refractivity contribution in [3.8, 4) is 5.88 Å². The largest absolute Gasteiger partial charge is 0.481 e. The molecule has 0 radical (unpaired) electrons. The van der Waals surface area contributed by atoms with Gasteiger partial charge in [-0.1, -0.05) is 13.2 Å². The Bertz CT molecular complexity index is 552. The van der Waals surface area contributed by atoms with E-state index in [1.807, 2.05) is 0 Å². The summed E-state index contributed by atoms with van der Waals surface area (Å²) in [6, 6.07) is 1.04. The fraction of sp³-hybridized carbons (Fsp3) is 0.444. The fourth-order valence-corrected chi connectivity index (χ4v) is 0.996. The summed E-state index contributed by atoms with van der Waals surface area (Å²) in [6.07, 6.45) is -5.24. The molecule has 0 saturated heterocycles. The van der Waals surface area contributed by atoms with Gasteiger partial charge in [0.25, 0.3) is 0 Å². The lowest BCUT2D eigenvalue weighted by Crippen LogP contribution is -1.94. The van der Waals surface area contributed by atoms with E-state index in [4.69, 9.17) is 13.7 Å². The lowest BCUT2D eigenvalue weighted by Gasteiger charge is -2.05. The minimum absolute atomic E-state index is 0.214. The third-order valence-electron chi connectivity index (χ3n) is 1.11. The van der Waals surface area contributed by atoms with Crippen LogP contribution in [-0.4, -0.2) is 12.0 Å². The summed E-state index contributed by atoms with van der Waals surface area (Å²) in [5.74, 6) is -0.693. The third kappa shape index (κ3) is 2.21. The second-order valence-electron chi connectivity index (χ2n) is 1.86. The predicted octanol–water partition coefficient (Wildman–Crippen LogP) is 2.81. The maximum Gasteiger partial charge on any atom is 0.216 e. The average Bonchev–Trinajstić information content (AvgIpc) is 2.27. The van der Waals surface area contributed by atoms with E-state index < -0.39 is 38.1 Å². The summed E-state index contributed by atoms with van der Waals surface area (Å²) in [5, 5.41) is 0. The molecule has 0 amide bonds. The Balaban J connectivity index is 3.50. The molecule has 2 nitrogen and oxygen atoms in total. The van der Waals surface area contributed by atoms with Crippen LogP contribution in [0.4, 0.5) is 0 Å². The van der Waals surface area contributed by atoms with Crippen LogP contribution in [0.25, 0.3) is 0 Å². The molecule has 1 rings (SSSR count). The highest BCUT2D eigenvalue weighted by molar-refractivity contribution is 9.10. The summed E-state index contributed by atoms with van der Waals surface area (Å²) in [5.41, 5.74) is -0.612. The number of hydrogen-bond donors (Lipinski definition) is 0. The molecule has 0 aliphatic carbocycles. The Morgan fingerprint density at radius 3 is 3.50 bits per heavy atom. The topological polar surface area (TPSA) is 22.1 Å². The van der Waals surface area contributed by atoms with Gasteiger partial charge in [0.2, 0.25) is 5.88 Å². The van der Waals surface area contributed by atoms with Crippen molar-refractivity contribution in [2.45, 2.75) is 19.6 Å². The minimum Gasteiger partial charge on any atom is -0.481 e. The molecule has 12 heavy (non-hydrogen) atoms. The Morgan fingerprint density at radius 2 is 2.75 bits per heavy atom. The van der Waals surface area contributed by atoms with Crippen LogP contribution in [-0.2, 0) is 6.37 Å². The van der Waals surface area contributed by atoms with E-state index in [-0.39, 0.29) is 4.47 Å². The highest BCUT2D eigenvalue weighted by Crippen LogP contribution is 2.20. The van der Waals surface area contributed by atoms with Crippen molar-refractivity contribution in [2.75, 3.05) is 7.04 Å². The molecule has 66 valence electrons. The molecule has 1 aromatic rings. The number of methoxy groups -OCH3 is 1. The maximum atomic E-state index is 7.88. The van der Waals surface area contributed by atoms with Gasteiger partial charge in [-0.15, -0.1) is 0 Å². The van der Waals surface area contributed by atoms with Crippen LogP contribution in [0.5, 0.6) is 5.88 Å². The fourth-order valence-electron chi connectivity index (χ4n) is 0.665. The standard InChI is InChI=1S/C9H12BrNO/c1-3-4-7-5-8(10)6-11-9(7)12-2/h5-6H,3-4H2,1-2H3/i1D3,2D3,3D2,4D2. The van der Waals surface area contributed by atoms with Gasteiger partial charge in [0.1, 0.15) is 0 Å². The van der Waals surface area contributed by atoms with Gasteiger partial charge >= 0.3 is 0 Å². The van der Waals surface area contributed by atoms with Crippen LogP contribution in [0.1, 0.15) is 32.5 Å². The summed E-state index contributed by atoms with van der Waals surface area (Å²) < 4.78 is 78.4. The Labute approximate surface area is 95.1 Å². The van der Waals surface area contributed by atoms with Gasteiger partial charge in [-0.05, 0) is 28.4 Å². The van der Waals surface area contributed by atoms with Crippen LogP contribution in [0, 0.1) is 0 Å². The summed E-state index contributed by atoms with van der Waals surface area (Å²) in [6.45, 7) is -3.28. The lowest BCUT2D eigenvalue weighted by atomic mass is 10.2. The van der Waals surface area contributed by atoms with Crippen molar-refractivity contribution in [2.24, 2.45) is 0 Å². The highest BCUT2D eigenvalue weighted by atomic mass is 79.9. The zero-order valence-electron chi connectivity index (χ0n) is 15.9. The van der Waals surface area contributed by atoms with Gasteiger partial charge in [0.15, 0.2) is 0 Å². The molecule has 0 spiro atoms. The van der Waals surface area contributed by atoms with Crippen molar-refractivity contribution < 1.29 is 18.4 Å². The van der Waals surface area contributed by atoms with E-state index >= 15 is 0 Å². The average molecular weight is 240 g/mol. The van der Waals surface area contributed by atoms with Gasteiger partial charge in [0, 0.05) is 25.8 Å².